The molecule has 0 aliphatic heterocycles. The summed E-state index contributed by atoms with van der Waals surface area (Å²) in [5, 5.41) is 2.51. The third-order valence-electron chi connectivity index (χ3n) is 3.77. The van der Waals surface area contributed by atoms with Crippen molar-refractivity contribution in [2.24, 2.45) is 0 Å². The normalized spacial score (nSPS) is 10.0. The zero-order valence-electron chi connectivity index (χ0n) is 15.7. The van der Waals surface area contributed by atoms with Crippen molar-refractivity contribution in [3.63, 3.8) is 0 Å². The SMILES string of the molecule is COC(=O)c1ccccc1OCCCC(=O)NCC(=O)OCc1ccccc1. The van der Waals surface area contributed by atoms with Crippen LogP contribution in [-0.4, -0.2) is 38.1 Å². The lowest BCUT2D eigenvalue weighted by Gasteiger charge is -2.10. The van der Waals surface area contributed by atoms with E-state index in [1.807, 2.05) is 30.3 Å². The van der Waals surface area contributed by atoms with Crippen molar-refractivity contribution in [2.75, 3.05) is 20.3 Å². The van der Waals surface area contributed by atoms with Gasteiger partial charge in [-0.2, -0.15) is 0 Å². The standard InChI is InChI=1S/C21H23NO6/c1-26-21(25)17-10-5-6-11-18(17)27-13-7-12-19(23)22-14-20(24)28-15-16-8-3-2-4-9-16/h2-6,8-11H,7,12-15H2,1H3,(H,22,23). The number of esters is 2. The molecule has 2 rings (SSSR count). The smallest absolute Gasteiger partial charge is 0.341 e. The Bertz CT molecular complexity index is 790. The van der Waals surface area contributed by atoms with Gasteiger partial charge >= 0.3 is 11.9 Å². The van der Waals surface area contributed by atoms with Crippen LogP contribution < -0.4 is 10.1 Å². The van der Waals surface area contributed by atoms with Crippen LogP contribution in [0.4, 0.5) is 0 Å². The van der Waals surface area contributed by atoms with Crippen molar-refractivity contribution < 1.29 is 28.6 Å². The van der Waals surface area contributed by atoms with Crippen molar-refractivity contribution in [1.82, 2.24) is 5.32 Å². The number of para-hydroxylation sites is 1. The van der Waals surface area contributed by atoms with Crippen molar-refractivity contribution in [2.45, 2.75) is 19.4 Å². The first-order valence-corrected chi connectivity index (χ1v) is 8.86. The lowest BCUT2D eigenvalue weighted by atomic mass is 10.2. The fourth-order valence-electron chi connectivity index (χ4n) is 2.33. The van der Waals surface area contributed by atoms with Crippen LogP contribution in [0.1, 0.15) is 28.8 Å². The van der Waals surface area contributed by atoms with Gasteiger partial charge in [-0.15, -0.1) is 0 Å². The maximum atomic E-state index is 11.8. The average molecular weight is 385 g/mol. The van der Waals surface area contributed by atoms with E-state index in [1.165, 1.54) is 7.11 Å². The Kier molecular flexibility index (Phi) is 8.52. The van der Waals surface area contributed by atoms with Gasteiger partial charge in [0.2, 0.25) is 5.91 Å². The molecule has 0 fully saturated rings. The number of methoxy groups -OCH3 is 1. The molecule has 0 unspecified atom stereocenters. The quantitative estimate of drug-likeness (QED) is 0.499. The molecule has 1 N–H and O–H groups in total. The van der Waals surface area contributed by atoms with E-state index >= 15 is 0 Å². The number of benzene rings is 2. The summed E-state index contributed by atoms with van der Waals surface area (Å²) < 4.78 is 15.3. The van der Waals surface area contributed by atoms with Gasteiger partial charge in [-0.25, -0.2) is 4.79 Å². The summed E-state index contributed by atoms with van der Waals surface area (Å²) in [4.78, 5) is 35.1. The molecule has 0 spiro atoms. The number of hydrogen-bond acceptors (Lipinski definition) is 6. The molecule has 0 saturated carbocycles. The lowest BCUT2D eigenvalue weighted by molar-refractivity contribution is -0.145. The highest BCUT2D eigenvalue weighted by Gasteiger charge is 2.12. The van der Waals surface area contributed by atoms with E-state index in [0.717, 1.165) is 5.56 Å². The summed E-state index contributed by atoms with van der Waals surface area (Å²) in [6.45, 7) is 0.237. The summed E-state index contributed by atoms with van der Waals surface area (Å²) in [6.07, 6.45) is 0.618. The van der Waals surface area contributed by atoms with E-state index < -0.39 is 11.9 Å². The molecule has 2 aromatic rings. The second-order valence-corrected chi connectivity index (χ2v) is 5.86. The predicted octanol–water partition coefficient (Wildman–Crippen LogP) is 2.49. The molecule has 0 aliphatic rings. The highest BCUT2D eigenvalue weighted by atomic mass is 16.5. The zero-order chi connectivity index (χ0) is 20.2. The van der Waals surface area contributed by atoms with Crippen LogP contribution >= 0.6 is 0 Å². The zero-order valence-corrected chi connectivity index (χ0v) is 15.7. The molecule has 148 valence electrons. The van der Waals surface area contributed by atoms with Gasteiger partial charge < -0.3 is 19.5 Å². The van der Waals surface area contributed by atoms with E-state index in [2.05, 4.69) is 5.32 Å². The molecule has 7 heteroatoms. The number of nitrogens with one attached hydrogen (secondary N) is 1. The van der Waals surface area contributed by atoms with Gasteiger partial charge in [0.05, 0.1) is 13.7 Å². The van der Waals surface area contributed by atoms with Gasteiger partial charge in [0.1, 0.15) is 24.5 Å². The molecular weight excluding hydrogens is 362 g/mol. The first kappa shape index (κ1) is 21.0. The second kappa shape index (κ2) is 11.4. The van der Waals surface area contributed by atoms with Gasteiger partial charge in [0.15, 0.2) is 0 Å². The molecule has 2 aromatic carbocycles. The number of ether oxygens (including phenoxy) is 3. The molecule has 7 nitrogen and oxygen atoms in total. The Hall–Kier alpha value is -3.35. The Labute approximate surface area is 163 Å². The van der Waals surface area contributed by atoms with E-state index in [0.29, 0.717) is 17.7 Å². The van der Waals surface area contributed by atoms with Gasteiger partial charge in [-0.05, 0) is 24.1 Å². The first-order valence-electron chi connectivity index (χ1n) is 8.86. The monoisotopic (exact) mass is 385 g/mol. The molecule has 0 radical (unpaired) electrons. The minimum absolute atomic E-state index is 0.170. The van der Waals surface area contributed by atoms with Crippen LogP contribution in [0.5, 0.6) is 5.75 Å². The molecule has 0 aromatic heterocycles. The fraction of sp³-hybridized carbons (Fsp3) is 0.286. The number of carbonyl (C=O) groups is 3. The second-order valence-electron chi connectivity index (χ2n) is 5.86. The van der Waals surface area contributed by atoms with Gasteiger partial charge in [-0.1, -0.05) is 42.5 Å². The van der Waals surface area contributed by atoms with Crippen LogP contribution in [0.15, 0.2) is 54.6 Å². The number of carbonyl (C=O) groups excluding carboxylic acids is 3. The summed E-state index contributed by atoms with van der Waals surface area (Å²) >= 11 is 0. The molecule has 0 saturated heterocycles. The first-order chi connectivity index (χ1) is 13.6. The molecule has 28 heavy (non-hydrogen) atoms. The number of rotatable bonds is 10. The molecule has 0 atom stereocenters. The predicted molar refractivity (Wildman–Crippen MR) is 102 cm³/mol. The fourth-order valence-corrected chi connectivity index (χ4v) is 2.33. The Morgan fingerprint density at radius 3 is 2.43 bits per heavy atom. The average Bonchev–Trinajstić information content (AvgIpc) is 2.74. The van der Waals surface area contributed by atoms with E-state index in [9.17, 15) is 14.4 Å². The van der Waals surface area contributed by atoms with Gasteiger partial charge in [0, 0.05) is 6.42 Å². The van der Waals surface area contributed by atoms with Crippen molar-refractivity contribution in [1.29, 1.82) is 0 Å². The Morgan fingerprint density at radius 2 is 1.68 bits per heavy atom. The lowest BCUT2D eigenvalue weighted by Crippen LogP contribution is -2.30. The van der Waals surface area contributed by atoms with Gasteiger partial charge in [0.25, 0.3) is 0 Å². The summed E-state index contributed by atoms with van der Waals surface area (Å²) in [7, 11) is 1.30. The Morgan fingerprint density at radius 1 is 0.964 bits per heavy atom. The topological polar surface area (TPSA) is 90.9 Å². The number of hydrogen-bond donors (Lipinski definition) is 1. The van der Waals surface area contributed by atoms with E-state index in [1.54, 1.807) is 24.3 Å². The van der Waals surface area contributed by atoms with E-state index in [-0.39, 0.29) is 32.1 Å². The highest BCUT2D eigenvalue weighted by molar-refractivity contribution is 5.92. The Balaban J connectivity index is 1.63. The van der Waals surface area contributed by atoms with E-state index in [4.69, 9.17) is 14.2 Å². The van der Waals surface area contributed by atoms with Crippen LogP contribution in [0.3, 0.4) is 0 Å². The highest BCUT2D eigenvalue weighted by Crippen LogP contribution is 2.19. The van der Waals surface area contributed by atoms with Gasteiger partial charge in [-0.3, -0.25) is 9.59 Å². The largest absolute Gasteiger partial charge is 0.493 e. The molecule has 0 heterocycles. The number of amides is 1. The van der Waals surface area contributed by atoms with Crippen molar-refractivity contribution in [3.05, 3.63) is 65.7 Å². The third kappa shape index (κ3) is 7.11. The molecule has 0 aliphatic carbocycles. The maximum Gasteiger partial charge on any atom is 0.341 e. The minimum Gasteiger partial charge on any atom is -0.493 e. The summed E-state index contributed by atoms with van der Waals surface area (Å²) in [6, 6.07) is 16.0. The minimum atomic E-state index is -0.500. The van der Waals surface area contributed by atoms with Crippen LogP contribution in [-0.2, 0) is 25.7 Å². The van der Waals surface area contributed by atoms with Crippen LogP contribution in [0.25, 0.3) is 0 Å². The summed E-state index contributed by atoms with van der Waals surface area (Å²) in [5.74, 6) is -0.858. The third-order valence-corrected chi connectivity index (χ3v) is 3.77. The molecule has 0 bridgehead atoms. The van der Waals surface area contributed by atoms with Crippen molar-refractivity contribution in [3.8, 4) is 5.75 Å². The maximum absolute atomic E-state index is 11.8. The van der Waals surface area contributed by atoms with Crippen molar-refractivity contribution >= 4 is 17.8 Å². The van der Waals surface area contributed by atoms with Crippen LogP contribution in [0, 0.1) is 0 Å². The molecular formula is C21H23NO6. The molecule has 1 amide bonds. The summed E-state index contributed by atoms with van der Waals surface area (Å²) in [5.41, 5.74) is 1.21. The van der Waals surface area contributed by atoms with Crippen LogP contribution in [0.2, 0.25) is 0 Å².